The molecule has 0 amide bonds. The Bertz CT molecular complexity index is 262. The van der Waals surface area contributed by atoms with Gasteiger partial charge in [-0.15, -0.1) is 0 Å². The van der Waals surface area contributed by atoms with Crippen molar-refractivity contribution in [2.75, 3.05) is 20.3 Å². The molecule has 0 heterocycles. The molecule has 0 saturated carbocycles. The molecular formula is C21H42O3. The molecule has 0 fully saturated rings. The molecule has 144 valence electrons. The van der Waals surface area contributed by atoms with E-state index in [0.717, 1.165) is 19.4 Å². The quantitative estimate of drug-likeness (QED) is 0.195. The Labute approximate surface area is 151 Å². The number of hydrogen-bond donors (Lipinski definition) is 0. The van der Waals surface area contributed by atoms with E-state index in [1.165, 1.54) is 64.2 Å². The van der Waals surface area contributed by atoms with E-state index in [2.05, 4.69) is 20.4 Å². The van der Waals surface area contributed by atoms with Crippen LogP contribution in [0.2, 0.25) is 0 Å². The Morgan fingerprint density at radius 3 is 1.62 bits per heavy atom. The van der Waals surface area contributed by atoms with E-state index in [9.17, 15) is 4.79 Å². The molecule has 0 bridgehead atoms. The third-order valence-corrected chi connectivity index (χ3v) is 3.78. The smallest absolute Gasteiger partial charge is 0.333 e. The summed E-state index contributed by atoms with van der Waals surface area (Å²) in [5.41, 5.74) is 0.469. The lowest BCUT2D eigenvalue weighted by atomic mass is 10.1. The standard InChI is InChI=1S/C13H28O.C8H14O2/c1-3-4-5-6-7-8-9-10-11-12-13-14-2;1-4-5-6-10-8(9)7(2)3/h3-13H2,1-2H3;2,4-6H2,1,3H3. The van der Waals surface area contributed by atoms with Gasteiger partial charge in [0.05, 0.1) is 6.61 Å². The highest BCUT2D eigenvalue weighted by atomic mass is 16.5. The maximum absolute atomic E-state index is 10.7. The highest BCUT2D eigenvalue weighted by Crippen LogP contribution is 2.10. The van der Waals surface area contributed by atoms with Gasteiger partial charge in [0, 0.05) is 19.3 Å². The maximum atomic E-state index is 10.7. The molecule has 0 N–H and O–H groups in total. The predicted molar refractivity (Wildman–Crippen MR) is 104 cm³/mol. The van der Waals surface area contributed by atoms with Gasteiger partial charge >= 0.3 is 5.97 Å². The first kappa shape index (κ1) is 25.4. The van der Waals surface area contributed by atoms with Crippen LogP contribution in [0.15, 0.2) is 12.2 Å². The molecule has 0 radical (unpaired) electrons. The number of rotatable bonds is 15. The summed E-state index contributed by atoms with van der Waals surface area (Å²) in [7, 11) is 1.79. The summed E-state index contributed by atoms with van der Waals surface area (Å²) in [6.07, 6.45) is 16.0. The van der Waals surface area contributed by atoms with Gasteiger partial charge in [0.1, 0.15) is 0 Å². The van der Waals surface area contributed by atoms with Crippen LogP contribution in [0, 0.1) is 0 Å². The lowest BCUT2D eigenvalue weighted by molar-refractivity contribution is -0.139. The van der Waals surface area contributed by atoms with Gasteiger partial charge in [-0.05, 0) is 19.8 Å². The van der Waals surface area contributed by atoms with Crippen LogP contribution in [0.4, 0.5) is 0 Å². The zero-order valence-electron chi connectivity index (χ0n) is 16.8. The minimum Gasteiger partial charge on any atom is -0.462 e. The number of methoxy groups -OCH3 is 1. The fourth-order valence-electron chi connectivity index (χ4n) is 2.17. The van der Waals surface area contributed by atoms with E-state index in [1.54, 1.807) is 14.0 Å². The van der Waals surface area contributed by atoms with Gasteiger partial charge in [-0.3, -0.25) is 0 Å². The Morgan fingerprint density at radius 2 is 1.21 bits per heavy atom. The normalized spacial score (nSPS) is 10.0. The van der Waals surface area contributed by atoms with Gasteiger partial charge in [-0.1, -0.05) is 84.6 Å². The predicted octanol–water partition coefficient (Wildman–Crippen LogP) is 6.46. The van der Waals surface area contributed by atoms with Crippen LogP contribution in [-0.4, -0.2) is 26.3 Å². The van der Waals surface area contributed by atoms with Crippen molar-refractivity contribution >= 4 is 5.97 Å². The molecule has 24 heavy (non-hydrogen) atoms. The molecule has 0 aromatic carbocycles. The lowest BCUT2D eigenvalue weighted by Gasteiger charge is -2.01. The van der Waals surface area contributed by atoms with Gasteiger partial charge in [0.2, 0.25) is 0 Å². The third-order valence-electron chi connectivity index (χ3n) is 3.78. The van der Waals surface area contributed by atoms with E-state index < -0.39 is 0 Å². The second-order valence-electron chi connectivity index (χ2n) is 6.44. The molecule has 3 heteroatoms. The van der Waals surface area contributed by atoms with Crippen LogP contribution in [-0.2, 0) is 14.3 Å². The topological polar surface area (TPSA) is 35.5 Å². The minimum atomic E-state index is -0.284. The van der Waals surface area contributed by atoms with Crippen molar-refractivity contribution in [3.05, 3.63) is 12.2 Å². The Hall–Kier alpha value is -0.830. The van der Waals surface area contributed by atoms with Crippen molar-refractivity contribution in [3.8, 4) is 0 Å². The Balaban J connectivity index is 0. The van der Waals surface area contributed by atoms with Crippen LogP contribution in [0.1, 0.15) is 97.8 Å². The first-order valence-corrected chi connectivity index (χ1v) is 9.91. The van der Waals surface area contributed by atoms with Crippen molar-refractivity contribution in [1.82, 2.24) is 0 Å². The SMILES string of the molecule is C=C(C)C(=O)OCCCC.CCCCCCCCCCCCOC. The number of hydrogen-bond acceptors (Lipinski definition) is 3. The first-order valence-electron chi connectivity index (χ1n) is 9.91. The molecular weight excluding hydrogens is 300 g/mol. The van der Waals surface area contributed by atoms with Crippen molar-refractivity contribution in [2.45, 2.75) is 97.8 Å². The second-order valence-corrected chi connectivity index (χ2v) is 6.44. The van der Waals surface area contributed by atoms with E-state index in [1.807, 2.05) is 0 Å². The minimum absolute atomic E-state index is 0.284. The average molecular weight is 343 g/mol. The van der Waals surface area contributed by atoms with Crippen LogP contribution in [0.5, 0.6) is 0 Å². The molecule has 0 rings (SSSR count). The molecule has 0 aliphatic rings. The number of carbonyl (C=O) groups excluding carboxylic acids is 1. The zero-order valence-corrected chi connectivity index (χ0v) is 16.8. The molecule has 0 atom stereocenters. The largest absolute Gasteiger partial charge is 0.462 e. The summed E-state index contributed by atoms with van der Waals surface area (Å²) in [5.74, 6) is -0.284. The van der Waals surface area contributed by atoms with E-state index in [-0.39, 0.29) is 5.97 Å². The Morgan fingerprint density at radius 1 is 0.750 bits per heavy atom. The fourth-order valence-corrected chi connectivity index (χ4v) is 2.17. The van der Waals surface area contributed by atoms with Crippen LogP contribution >= 0.6 is 0 Å². The lowest BCUT2D eigenvalue weighted by Crippen LogP contribution is -2.05. The summed E-state index contributed by atoms with van der Waals surface area (Å²) in [6.45, 7) is 10.9. The molecule has 0 aromatic heterocycles. The van der Waals surface area contributed by atoms with Crippen molar-refractivity contribution in [3.63, 3.8) is 0 Å². The van der Waals surface area contributed by atoms with Gasteiger partial charge in [0.15, 0.2) is 0 Å². The van der Waals surface area contributed by atoms with Crippen LogP contribution < -0.4 is 0 Å². The van der Waals surface area contributed by atoms with E-state index >= 15 is 0 Å². The molecule has 0 saturated heterocycles. The first-order chi connectivity index (χ1) is 11.6. The molecule has 0 aromatic rings. The van der Waals surface area contributed by atoms with Gasteiger partial charge in [-0.25, -0.2) is 4.79 Å². The molecule has 0 aliphatic heterocycles. The average Bonchev–Trinajstić information content (AvgIpc) is 2.57. The van der Waals surface area contributed by atoms with Crippen molar-refractivity contribution in [2.24, 2.45) is 0 Å². The third kappa shape index (κ3) is 23.4. The number of ether oxygens (including phenoxy) is 2. The fraction of sp³-hybridized carbons (Fsp3) is 0.857. The van der Waals surface area contributed by atoms with Crippen molar-refractivity contribution < 1.29 is 14.3 Å². The molecule has 3 nitrogen and oxygen atoms in total. The summed E-state index contributed by atoms with van der Waals surface area (Å²) in [6, 6.07) is 0. The zero-order chi connectivity index (χ0) is 18.5. The summed E-state index contributed by atoms with van der Waals surface area (Å²) >= 11 is 0. The Kier molecular flexibility index (Phi) is 23.5. The molecule has 0 spiro atoms. The van der Waals surface area contributed by atoms with Crippen LogP contribution in [0.25, 0.3) is 0 Å². The van der Waals surface area contributed by atoms with Crippen LogP contribution in [0.3, 0.4) is 0 Å². The van der Waals surface area contributed by atoms with E-state index in [4.69, 9.17) is 9.47 Å². The number of unbranched alkanes of at least 4 members (excludes halogenated alkanes) is 10. The summed E-state index contributed by atoms with van der Waals surface area (Å²) < 4.78 is 9.82. The molecule has 0 unspecified atom stereocenters. The van der Waals surface area contributed by atoms with Gasteiger partial charge in [-0.2, -0.15) is 0 Å². The highest BCUT2D eigenvalue weighted by molar-refractivity contribution is 5.86. The monoisotopic (exact) mass is 342 g/mol. The van der Waals surface area contributed by atoms with E-state index in [0.29, 0.717) is 12.2 Å². The highest BCUT2D eigenvalue weighted by Gasteiger charge is 2.00. The second kappa shape index (κ2) is 22.2. The number of esters is 1. The summed E-state index contributed by atoms with van der Waals surface area (Å²) in [4.78, 5) is 10.7. The van der Waals surface area contributed by atoms with Gasteiger partial charge in [0.25, 0.3) is 0 Å². The molecule has 0 aliphatic carbocycles. The van der Waals surface area contributed by atoms with Crippen molar-refractivity contribution in [1.29, 1.82) is 0 Å². The number of carbonyl (C=O) groups is 1. The van der Waals surface area contributed by atoms with Gasteiger partial charge < -0.3 is 9.47 Å². The maximum Gasteiger partial charge on any atom is 0.333 e. The summed E-state index contributed by atoms with van der Waals surface area (Å²) in [5, 5.41) is 0.